The van der Waals surface area contributed by atoms with E-state index >= 15 is 0 Å². The zero-order chi connectivity index (χ0) is 13.4. The molecular formula is C14H28N2O2. The van der Waals surface area contributed by atoms with Crippen LogP contribution in [0.2, 0.25) is 0 Å². The largest absolute Gasteiger partial charge is 0.396 e. The van der Waals surface area contributed by atoms with Crippen LogP contribution in [0.3, 0.4) is 0 Å². The minimum atomic E-state index is 0.0305. The lowest BCUT2D eigenvalue weighted by Gasteiger charge is -2.37. The molecule has 1 fully saturated rings. The zero-order valence-electron chi connectivity index (χ0n) is 11.9. The van der Waals surface area contributed by atoms with Crippen LogP contribution in [-0.4, -0.2) is 42.3 Å². The first-order valence-electron chi connectivity index (χ1n) is 7.31. The van der Waals surface area contributed by atoms with Crippen molar-refractivity contribution in [2.75, 3.05) is 26.2 Å². The van der Waals surface area contributed by atoms with E-state index in [2.05, 4.69) is 5.32 Å². The van der Waals surface area contributed by atoms with E-state index in [4.69, 9.17) is 0 Å². The predicted molar refractivity (Wildman–Crippen MR) is 73.5 cm³/mol. The molecule has 18 heavy (non-hydrogen) atoms. The quantitative estimate of drug-likeness (QED) is 0.766. The summed E-state index contributed by atoms with van der Waals surface area (Å²) in [5.41, 5.74) is 0.135. The Balaban J connectivity index is 2.48. The SMILES string of the molecule is CCN(CC)C(=O)NCC1(CCO)CCCCC1. The van der Waals surface area contributed by atoms with Gasteiger partial charge in [0.1, 0.15) is 0 Å². The molecular weight excluding hydrogens is 228 g/mol. The number of aliphatic hydroxyl groups excluding tert-OH is 1. The van der Waals surface area contributed by atoms with Crippen LogP contribution in [0.1, 0.15) is 52.4 Å². The van der Waals surface area contributed by atoms with Gasteiger partial charge in [0.05, 0.1) is 0 Å². The molecule has 0 aromatic rings. The van der Waals surface area contributed by atoms with Gasteiger partial charge in [0.25, 0.3) is 0 Å². The normalized spacial score (nSPS) is 18.4. The van der Waals surface area contributed by atoms with E-state index in [1.807, 2.05) is 13.8 Å². The van der Waals surface area contributed by atoms with Gasteiger partial charge in [-0.05, 0) is 38.5 Å². The molecule has 0 spiro atoms. The summed E-state index contributed by atoms with van der Waals surface area (Å²) >= 11 is 0. The lowest BCUT2D eigenvalue weighted by Crippen LogP contribution is -2.45. The van der Waals surface area contributed by atoms with E-state index in [-0.39, 0.29) is 18.1 Å². The molecule has 1 rings (SSSR count). The Labute approximate surface area is 111 Å². The number of carbonyl (C=O) groups is 1. The lowest BCUT2D eigenvalue weighted by molar-refractivity contribution is 0.123. The third kappa shape index (κ3) is 4.16. The van der Waals surface area contributed by atoms with Gasteiger partial charge in [-0.1, -0.05) is 19.3 Å². The van der Waals surface area contributed by atoms with Gasteiger partial charge in [-0.25, -0.2) is 4.79 Å². The van der Waals surface area contributed by atoms with Gasteiger partial charge in [-0.15, -0.1) is 0 Å². The van der Waals surface area contributed by atoms with Crippen molar-refractivity contribution < 1.29 is 9.90 Å². The average Bonchev–Trinajstić information content (AvgIpc) is 2.39. The summed E-state index contributed by atoms with van der Waals surface area (Å²) in [7, 11) is 0. The highest BCUT2D eigenvalue weighted by atomic mass is 16.3. The maximum absolute atomic E-state index is 11.9. The van der Waals surface area contributed by atoms with Crippen LogP contribution >= 0.6 is 0 Å². The second-order valence-electron chi connectivity index (χ2n) is 5.37. The molecule has 0 aromatic heterocycles. The van der Waals surface area contributed by atoms with E-state index in [1.165, 1.54) is 19.3 Å². The van der Waals surface area contributed by atoms with E-state index in [0.29, 0.717) is 6.54 Å². The van der Waals surface area contributed by atoms with Crippen molar-refractivity contribution in [2.45, 2.75) is 52.4 Å². The Morgan fingerprint density at radius 3 is 2.33 bits per heavy atom. The summed E-state index contributed by atoms with van der Waals surface area (Å²) in [5, 5.41) is 12.3. The van der Waals surface area contributed by atoms with Crippen LogP contribution in [0, 0.1) is 5.41 Å². The molecule has 0 unspecified atom stereocenters. The Hall–Kier alpha value is -0.770. The summed E-state index contributed by atoms with van der Waals surface area (Å²) < 4.78 is 0. The maximum atomic E-state index is 11.9. The van der Waals surface area contributed by atoms with E-state index < -0.39 is 0 Å². The van der Waals surface area contributed by atoms with Crippen LogP contribution in [0.4, 0.5) is 4.79 Å². The van der Waals surface area contributed by atoms with Gasteiger partial charge in [-0.3, -0.25) is 0 Å². The number of urea groups is 1. The highest BCUT2D eigenvalue weighted by Crippen LogP contribution is 2.38. The number of hydrogen-bond acceptors (Lipinski definition) is 2. The molecule has 4 heteroatoms. The second kappa shape index (κ2) is 7.62. The van der Waals surface area contributed by atoms with Crippen LogP contribution in [-0.2, 0) is 0 Å². The topological polar surface area (TPSA) is 52.6 Å². The molecule has 106 valence electrons. The van der Waals surface area contributed by atoms with Gasteiger partial charge in [-0.2, -0.15) is 0 Å². The third-order valence-corrected chi connectivity index (χ3v) is 4.22. The summed E-state index contributed by atoms with van der Waals surface area (Å²) in [4.78, 5) is 13.7. The van der Waals surface area contributed by atoms with Crippen molar-refractivity contribution >= 4 is 6.03 Å². The van der Waals surface area contributed by atoms with Gasteiger partial charge in [0.2, 0.25) is 0 Å². The van der Waals surface area contributed by atoms with Crippen molar-refractivity contribution in [2.24, 2.45) is 5.41 Å². The summed E-state index contributed by atoms with van der Waals surface area (Å²) in [5.74, 6) is 0. The summed E-state index contributed by atoms with van der Waals surface area (Å²) in [6.45, 7) is 6.41. The number of hydrogen-bond donors (Lipinski definition) is 2. The molecule has 1 saturated carbocycles. The highest BCUT2D eigenvalue weighted by Gasteiger charge is 2.32. The highest BCUT2D eigenvalue weighted by molar-refractivity contribution is 5.74. The van der Waals surface area contributed by atoms with E-state index in [1.54, 1.807) is 4.90 Å². The number of rotatable bonds is 6. The molecule has 0 aliphatic heterocycles. The Morgan fingerprint density at radius 1 is 1.22 bits per heavy atom. The molecule has 0 atom stereocenters. The van der Waals surface area contributed by atoms with Gasteiger partial charge in [0.15, 0.2) is 0 Å². The fraction of sp³-hybridized carbons (Fsp3) is 0.929. The van der Waals surface area contributed by atoms with Gasteiger partial charge < -0.3 is 15.3 Å². The van der Waals surface area contributed by atoms with Crippen LogP contribution in [0.5, 0.6) is 0 Å². The summed E-state index contributed by atoms with van der Waals surface area (Å²) in [6.07, 6.45) is 6.81. The molecule has 0 saturated heterocycles. The number of nitrogens with one attached hydrogen (secondary N) is 1. The zero-order valence-corrected chi connectivity index (χ0v) is 11.9. The lowest BCUT2D eigenvalue weighted by atomic mass is 9.72. The minimum absolute atomic E-state index is 0.0305. The van der Waals surface area contributed by atoms with Crippen LogP contribution in [0.15, 0.2) is 0 Å². The monoisotopic (exact) mass is 256 g/mol. The van der Waals surface area contributed by atoms with Crippen molar-refractivity contribution in [1.82, 2.24) is 10.2 Å². The van der Waals surface area contributed by atoms with Crippen molar-refractivity contribution in [3.63, 3.8) is 0 Å². The first-order valence-corrected chi connectivity index (χ1v) is 7.31. The molecule has 1 aliphatic carbocycles. The fourth-order valence-electron chi connectivity index (χ4n) is 2.94. The Morgan fingerprint density at radius 2 is 1.83 bits per heavy atom. The van der Waals surface area contributed by atoms with Crippen LogP contribution < -0.4 is 5.32 Å². The fourth-order valence-corrected chi connectivity index (χ4v) is 2.94. The van der Waals surface area contributed by atoms with E-state index in [0.717, 1.165) is 32.4 Å². The second-order valence-corrected chi connectivity index (χ2v) is 5.37. The number of aliphatic hydroxyl groups is 1. The minimum Gasteiger partial charge on any atom is -0.396 e. The number of amides is 2. The molecule has 0 aromatic carbocycles. The van der Waals surface area contributed by atoms with Crippen molar-refractivity contribution in [3.05, 3.63) is 0 Å². The average molecular weight is 256 g/mol. The molecule has 1 aliphatic rings. The smallest absolute Gasteiger partial charge is 0.317 e. The predicted octanol–water partition coefficient (Wildman–Crippen LogP) is 2.37. The Kier molecular flexibility index (Phi) is 6.47. The number of nitrogens with zero attached hydrogens (tertiary/aromatic N) is 1. The molecule has 0 bridgehead atoms. The van der Waals surface area contributed by atoms with Crippen LogP contribution in [0.25, 0.3) is 0 Å². The third-order valence-electron chi connectivity index (χ3n) is 4.22. The van der Waals surface area contributed by atoms with Crippen molar-refractivity contribution in [3.8, 4) is 0 Å². The van der Waals surface area contributed by atoms with Crippen molar-refractivity contribution in [1.29, 1.82) is 0 Å². The molecule has 4 nitrogen and oxygen atoms in total. The molecule has 0 radical (unpaired) electrons. The first-order chi connectivity index (χ1) is 8.67. The summed E-state index contributed by atoms with van der Waals surface area (Å²) in [6, 6.07) is 0.0305. The molecule has 0 heterocycles. The first kappa shape index (κ1) is 15.3. The molecule has 2 amide bonds. The standard InChI is InChI=1S/C14H28N2O2/c1-3-16(4-2)13(18)15-12-14(10-11-17)8-6-5-7-9-14/h17H,3-12H2,1-2H3,(H,15,18). The molecule has 2 N–H and O–H groups in total. The number of carbonyl (C=O) groups excluding carboxylic acids is 1. The van der Waals surface area contributed by atoms with Gasteiger partial charge in [0, 0.05) is 26.2 Å². The van der Waals surface area contributed by atoms with E-state index in [9.17, 15) is 9.90 Å². The Bertz CT molecular complexity index is 241. The van der Waals surface area contributed by atoms with Gasteiger partial charge >= 0.3 is 6.03 Å². The maximum Gasteiger partial charge on any atom is 0.317 e.